The minimum absolute atomic E-state index is 0.536. The van der Waals surface area contributed by atoms with Crippen LogP contribution in [-0.2, 0) is 4.74 Å². The predicted octanol–water partition coefficient (Wildman–Crippen LogP) is 3.90. The average molecular weight is 309 g/mol. The highest BCUT2D eigenvalue weighted by atomic mass is 16.5. The molecule has 2 fully saturated rings. The Morgan fingerprint density at radius 3 is 2.27 bits per heavy atom. The quantitative estimate of drug-likeness (QED) is 0.709. The van der Waals surface area contributed by atoms with Crippen molar-refractivity contribution in [2.75, 3.05) is 32.8 Å². The third-order valence-electron chi connectivity index (χ3n) is 5.53. The van der Waals surface area contributed by atoms with Gasteiger partial charge in [-0.2, -0.15) is 0 Å². The number of piperazine rings is 1. The Labute approximate surface area is 137 Å². The molecule has 0 amide bonds. The van der Waals surface area contributed by atoms with Crippen LogP contribution in [0.25, 0.3) is 0 Å². The van der Waals surface area contributed by atoms with Crippen molar-refractivity contribution < 1.29 is 4.74 Å². The Morgan fingerprint density at radius 1 is 1.09 bits per heavy atom. The van der Waals surface area contributed by atoms with Crippen LogP contribution in [0.15, 0.2) is 12.3 Å². The van der Waals surface area contributed by atoms with Crippen LogP contribution in [-0.4, -0.2) is 54.7 Å². The van der Waals surface area contributed by atoms with Crippen molar-refractivity contribution in [1.29, 1.82) is 0 Å². The molecule has 0 unspecified atom stereocenters. The lowest BCUT2D eigenvalue weighted by atomic mass is 9.84. The van der Waals surface area contributed by atoms with E-state index in [2.05, 4.69) is 37.1 Å². The molecule has 3 nitrogen and oxygen atoms in total. The van der Waals surface area contributed by atoms with Gasteiger partial charge in [-0.15, -0.1) is 0 Å². The molecule has 1 aliphatic carbocycles. The van der Waals surface area contributed by atoms with Crippen molar-refractivity contribution in [2.24, 2.45) is 5.92 Å². The number of allylic oxidation sites excluding steroid dienone is 1. The lowest BCUT2D eigenvalue weighted by Gasteiger charge is -2.39. The van der Waals surface area contributed by atoms with Crippen molar-refractivity contribution in [1.82, 2.24) is 9.80 Å². The van der Waals surface area contributed by atoms with Crippen molar-refractivity contribution >= 4 is 0 Å². The van der Waals surface area contributed by atoms with Crippen molar-refractivity contribution in [2.45, 2.75) is 71.4 Å². The van der Waals surface area contributed by atoms with E-state index in [0.717, 1.165) is 25.6 Å². The second-order valence-electron chi connectivity index (χ2n) is 7.32. The number of nitrogens with zero attached hydrogens (tertiary/aromatic N) is 2. The smallest absolute Gasteiger partial charge is 0.0575 e. The zero-order chi connectivity index (χ0) is 15.9. The van der Waals surface area contributed by atoms with Crippen LogP contribution >= 0.6 is 0 Å². The summed E-state index contributed by atoms with van der Waals surface area (Å²) in [6.45, 7) is 16.6. The third kappa shape index (κ3) is 5.27. The van der Waals surface area contributed by atoms with Gasteiger partial charge in [-0.25, -0.2) is 0 Å². The second kappa shape index (κ2) is 8.93. The Bertz CT molecular complexity index is 326. The van der Waals surface area contributed by atoms with Gasteiger partial charge >= 0.3 is 0 Å². The van der Waals surface area contributed by atoms with E-state index in [0.29, 0.717) is 12.1 Å². The SMILES string of the molecule is C=C(CCC1CCC(OCC)CC1)N1CCN(C(C)C)CC1. The minimum atomic E-state index is 0.536. The van der Waals surface area contributed by atoms with Crippen LogP contribution in [0.1, 0.15) is 59.3 Å². The minimum Gasteiger partial charge on any atom is -0.379 e. The van der Waals surface area contributed by atoms with Crippen molar-refractivity contribution in [3.63, 3.8) is 0 Å². The van der Waals surface area contributed by atoms with Gasteiger partial charge in [0, 0.05) is 44.5 Å². The predicted molar refractivity (Wildman–Crippen MR) is 94.0 cm³/mol. The Kier molecular flexibility index (Phi) is 7.23. The summed E-state index contributed by atoms with van der Waals surface area (Å²) < 4.78 is 5.75. The van der Waals surface area contributed by atoms with Gasteiger partial charge in [-0.3, -0.25) is 4.90 Å². The molecule has 0 aromatic rings. The largest absolute Gasteiger partial charge is 0.379 e. The van der Waals surface area contributed by atoms with E-state index in [1.807, 2.05) is 0 Å². The number of hydrogen-bond acceptors (Lipinski definition) is 3. The normalized spacial score (nSPS) is 27.4. The molecule has 0 spiro atoms. The molecule has 1 aliphatic heterocycles. The average Bonchev–Trinajstić information content (AvgIpc) is 2.54. The molecular formula is C19H36N2O. The monoisotopic (exact) mass is 308 g/mol. The van der Waals surface area contributed by atoms with Gasteiger partial charge in [0.25, 0.3) is 0 Å². The molecule has 128 valence electrons. The molecule has 2 rings (SSSR count). The highest BCUT2D eigenvalue weighted by Gasteiger charge is 2.23. The number of ether oxygens (including phenoxy) is 1. The summed E-state index contributed by atoms with van der Waals surface area (Å²) in [6, 6.07) is 0.677. The molecule has 2 aliphatic rings. The van der Waals surface area contributed by atoms with Gasteiger partial charge < -0.3 is 9.64 Å². The van der Waals surface area contributed by atoms with Gasteiger partial charge in [0.15, 0.2) is 0 Å². The summed E-state index contributed by atoms with van der Waals surface area (Å²) >= 11 is 0. The third-order valence-corrected chi connectivity index (χ3v) is 5.53. The van der Waals surface area contributed by atoms with Crippen molar-refractivity contribution in [3.05, 3.63) is 12.3 Å². The first-order valence-corrected chi connectivity index (χ1v) is 9.38. The summed E-state index contributed by atoms with van der Waals surface area (Å²) in [7, 11) is 0. The summed E-state index contributed by atoms with van der Waals surface area (Å²) in [5.74, 6) is 0.894. The van der Waals surface area contributed by atoms with Crippen LogP contribution < -0.4 is 0 Å². The fourth-order valence-corrected chi connectivity index (χ4v) is 3.91. The van der Waals surface area contributed by atoms with Crippen LogP contribution in [0.2, 0.25) is 0 Å². The fraction of sp³-hybridized carbons (Fsp3) is 0.895. The van der Waals surface area contributed by atoms with E-state index in [-0.39, 0.29) is 0 Å². The van der Waals surface area contributed by atoms with Gasteiger partial charge in [0.1, 0.15) is 0 Å². The fourth-order valence-electron chi connectivity index (χ4n) is 3.91. The second-order valence-corrected chi connectivity index (χ2v) is 7.32. The maximum absolute atomic E-state index is 5.75. The number of rotatable bonds is 7. The molecule has 0 aromatic heterocycles. The first-order chi connectivity index (χ1) is 10.6. The number of hydrogen-bond donors (Lipinski definition) is 0. The van der Waals surface area contributed by atoms with Crippen LogP contribution in [0.3, 0.4) is 0 Å². The van der Waals surface area contributed by atoms with Crippen LogP contribution in [0.4, 0.5) is 0 Å². The maximum atomic E-state index is 5.75. The van der Waals surface area contributed by atoms with E-state index in [1.165, 1.54) is 57.3 Å². The molecule has 1 heterocycles. The van der Waals surface area contributed by atoms with E-state index < -0.39 is 0 Å². The Morgan fingerprint density at radius 2 is 1.73 bits per heavy atom. The van der Waals surface area contributed by atoms with Gasteiger partial charge in [-0.1, -0.05) is 6.58 Å². The first-order valence-electron chi connectivity index (χ1n) is 9.38. The zero-order valence-corrected chi connectivity index (χ0v) is 15.0. The van der Waals surface area contributed by atoms with Crippen LogP contribution in [0.5, 0.6) is 0 Å². The summed E-state index contributed by atoms with van der Waals surface area (Å²) in [5.41, 5.74) is 1.37. The van der Waals surface area contributed by atoms with Gasteiger partial charge in [0.05, 0.1) is 6.10 Å². The maximum Gasteiger partial charge on any atom is 0.0575 e. The molecule has 0 N–H and O–H groups in total. The lowest BCUT2D eigenvalue weighted by Crippen LogP contribution is -2.48. The standard InChI is InChI=1S/C19H36N2O/c1-5-22-19-10-8-18(9-11-19)7-6-17(4)21-14-12-20(13-15-21)16(2)3/h16,18-19H,4-15H2,1-3H3. The van der Waals surface area contributed by atoms with Crippen LogP contribution in [0, 0.1) is 5.92 Å². The molecular weight excluding hydrogens is 272 g/mol. The molecule has 0 radical (unpaired) electrons. The van der Waals surface area contributed by atoms with E-state index in [4.69, 9.17) is 4.74 Å². The summed E-state index contributed by atoms with van der Waals surface area (Å²) in [4.78, 5) is 5.09. The molecule has 0 atom stereocenters. The zero-order valence-electron chi connectivity index (χ0n) is 15.0. The lowest BCUT2D eigenvalue weighted by molar-refractivity contribution is 0.0246. The molecule has 1 saturated carbocycles. The van der Waals surface area contributed by atoms with Gasteiger partial charge in [-0.05, 0) is 65.2 Å². The highest BCUT2D eigenvalue weighted by molar-refractivity contribution is 4.97. The van der Waals surface area contributed by atoms with E-state index in [1.54, 1.807) is 0 Å². The molecule has 1 saturated heterocycles. The molecule has 22 heavy (non-hydrogen) atoms. The van der Waals surface area contributed by atoms with Gasteiger partial charge in [0.2, 0.25) is 0 Å². The molecule has 0 bridgehead atoms. The summed E-state index contributed by atoms with van der Waals surface area (Å²) in [6.07, 6.45) is 8.26. The van der Waals surface area contributed by atoms with E-state index in [9.17, 15) is 0 Å². The molecule has 3 heteroatoms. The molecule has 0 aromatic carbocycles. The Hall–Kier alpha value is -0.540. The van der Waals surface area contributed by atoms with E-state index >= 15 is 0 Å². The summed E-state index contributed by atoms with van der Waals surface area (Å²) in [5, 5.41) is 0. The highest BCUT2D eigenvalue weighted by Crippen LogP contribution is 2.30. The Balaban J connectivity index is 1.62. The topological polar surface area (TPSA) is 15.7 Å². The first kappa shape index (κ1) is 17.8. The van der Waals surface area contributed by atoms with Crippen molar-refractivity contribution in [3.8, 4) is 0 Å².